The highest BCUT2D eigenvalue weighted by Crippen LogP contribution is 2.36. The fourth-order valence-corrected chi connectivity index (χ4v) is 2.23. The van der Waals surface area contributed by atoms with Crippen molar-refractivity contribution in [1.29, 1.82) is 0 Å². The van der Waals surface area contributed by atoms with Crippen molar-refractivity contribution in [1.82, 2.24) is 9.88 Å². The first-order chi connectivity index (χ1) is 9.12. The van der Waals surface area contributed by atoms with Crippen molar-refractivity contribution in [2.45, 2.75) is 52.4 Å². The van der Waals surface area contributed by atoms with Gasteiger partial charge >= 0.3 is 7.12 Å². The monoisotopic (exact) mass is 276 g/mol. The zero-order valence-corrected chi connectivity index (χ0v) is 13.7. The van der Waals surface area contributed by atoms with Gasteiger partial charge in [0.15, 0.2) is 0 Å². The van der Waals surface area contributed by atoms with E-state index in [9.17, 15) is 0 Å². The van der Waals surface area contributed by atoms with Gasteiger partial charge < -0.3 is 14.2 Å². The quantitative estimate of drug-likeness (QED) is 0.788. The van der Waals surface area contributed by atoms with Crippen LogP contribution in [0.5, 0.6) is 0 Å². The van der Waals surface area contributed by atoms with E-state index < -0.39 is 0 Å². The lowest BCUT2D eigenvalue weighted by Crippen LogP contribution is -2.41. The van der Waals surface area contributed by atoms with Gasteiger partial charge in [-0.05, 0) is 54.3 Å². The van der Waals surface area contributed by atoms with Crippen LogP contribution in [0.1, 0.15) is 39.0 Å². The van der Waals surface area contributed by atoms with E-state index in [1.807, 2.05) is 27.2 Å². The molecule has 2 heterocycles. The minimum Gasteiger partial charge on any atom is -0.399 e. The molecule has 2 rings (SSSR count). The van der Waals surface area contributed by atoms with E-state index in [1.165, 1.54) is 0 Å². The maximum atomic E-state index is 6.15. The topological polar surface area (TPSA) is 34.6 Å². The van der Waals surface area contributed by atoms with Crippen LogP contribution in [0.15, 0.2) is 12.3 Å². The first kappa shape index (κ1) is 15.5. The van der Waals surface area contributed by atoms with E-state index in [0.717, 1.165) is 23.3 Å². The van der Waals surface area contributed by atoms with Crippen LogP contribution in [-0.4, -0.2) is 42.3 Å². The molecule has 1 fully saturated rings. The van der Waals surface area contributed by atoms with Gasteiger partial charge in [0.05, 0.1) is 16.9 Å². The van der Waals surface area contributed by atoms with Gasteiger partial charge in [0.2, 0.25) is 0 Å². The summed E-state index contributed by atoms with van der Waals surface area (Å²) in [4.78, 5) is 6.66. The molecule has 0 aromatic carbocycles. The number of pyridine rings is 1. The number of hydrogen-bond acceptors (Lipinski definition) is 4. The Bertz CT molecular complexity index is 485. The van der Waals surface area contributed by atoms with Gasteiger partial charge in [-0.3, -0.25) is 4.98 Å². The third-order valence-electron chi connectivity index (χ3n) is 4.11. The molecule has 0 atom stereocenters. The molecule has 0 unspecified atom stereocenters. The van der Waals surface area contributed by atoms with Crippen molar-refractivity contribution in [3.8, 4) is 0 Å². The normalized spacial score (nSPS) is 20.7. The lowest BCUT2D eigenvalue weighted by molar-refractivity contribution is 0.00578. The van der Waals surface area contributed by atoms with Crippen LogP contribution in [0.4, 0.5) is 0 Å². The summed E-state index contributed by atoms with van der Waals surface area (Å²) < 4.78 is 12.3. The van der Waals surface area contributed by atoms with E-state index >= 15 is 0 Å². The molecule has 5 heteroatoms. The van der Waals surface area contributed by atoms with Crippen molar-refractivity contribution in [2.75, 3.05) is 14.1 Å². The first-order valence-electron chi connectivity index (χ1n) is 7.08. The third-order valence-corrected chi connectivity index (χ3v) is 4.11. The molecule has 20 heavy (non-hydrogen) atoms. The summed E-state index contributed by atoms with van der Waals surface area (Å²) in [5.74, 6) is 0. The van der Waals surface area contributed by atoms with Crippen LogP contribution < -0.4 is 5.46 Å². The highest BCUT2D eigenvalue weighted by molar-refractivity contribution is 6.62. The molecule has 110 valence electrons. The molecule has 1 saturated heterocycles. The third kappa shape index (κ3) is 2.90. The largest absolute Gasteiger partial charge is 0.496 e. The minimum absolute atomic E-state index is 0.323. The molecule has 0 saturated carbocycles. The van der Waals surface area contributed by atoms with Gasteiger partial charge in [0.1, 0.15) is 0 Å². The number of nitrogens with zero attached hydrogens (tertiary/aromatic N) is 2. The van der Waals surface area contributed by atoms with Crippen LogP contribution in [-0.2, 0) is 15.9 Å². The van der Waals surface area contributed by atoms with Crippen molar-refractivity contribution < 1.29 is 9.31 Å². The Balaban J connectivity index is 2.36. The molecule has 0 N–H and O–H groups in total. The van der Waals surface area contributed by atoms with Crippen molar-refractivity contribution in [3.63, 3.8) is 0 Å². The molecule has 1 aromatic rings. The Labute approximate surface area is 122 Å². The predicted octanol–water partition coefficient (Wildman–Crippen LogP) is 1.75. The first-order valence-corrected chi connectivity index (χ1v) is 7.08. The van der Waals surface area contributed by atoms with Crippen LogP contribution in [0, 0.1) is 6.92 Å². The number of rotatable bonds is 3. The van der Waals surface area contributed by atoms with Gasteiger partial charge in [-0.2, -0.15) is 0 Å². The molecule has 1 aliphatic heterocycles. The predicted molar refractivity (Wildman–Crippen MR) is 82.1 cm³/mol. The maximum absolute atomic E-state index is 6.15. The molecular formula is C15H25BN2O2. The van der Waals surface area contributed by atoms with Crippen molar-refractivity contribution >= 4 is 12.6 Å². The van der Waals surface area contributed by atoms with Gasteiger partial charge in [0.25, 0.3) is 0 Å². The van der Waals surface area contributed by atoms with Gasteiger partial charge in [-0.25, -0.2) is 0 Å². The van der Waals surface area contributed by atoms with Crippen LogP contribution >= 0.6 is 0 Å². The second-order valence-corrected chi connectivity index (χ2v) is 6.87. The van der Waals surface area contributed by atoms with Crippen LogP contribution in [0.2, 0.25) is 0 Å². The van der Waals surface area contributed by atoms with Gasteiger partial charge in [0, 0.05) is 18.2 Å². The lowest BCUT2D eigenvalue weighted by Gasteiger charge is -2.32. The molecule has 1 aliphatic rings. The zero-order chi connectivity index (χ0) is 15.1. The Kier molecular flexibility index (Phi) is 3.97. The highest BCUT2D eigenvalue weighted by atomic mass is 16.7. The van der Waals surface area contributed by atoms with Crippen LogP contribution in [0.25, 0.3) is 0 Å². The molecule has 0 amide bonds. The summed E-state index contributed by atoms with van der Waals surface area (Å²) in [6, 6.07) is 2.12. The average molecular weight is 276 g/mol. The summed E-state index contributed by atoms with van der Waals surface area (Å²) in [6.45, 7) is 11.1. The number of hydrogen-bond donors (Lipinski definition) is 0. The second-order valence-electron chi connectivity index (χ2n) is 6.87. The van der Waals surface area contributed by atoms with E-state index in [4.69, 9.17) is 9.31 Å². The van der Waals surface area contributed by atoms with Crippen molar-refractivity contribution in [3.05, 3.63) is 23.5 Å². The SMILES string of the molecule is Cc1cnc(CN(C)C)c(B2OC(C)(C)C(C)(C)O2)c1. The molecular weight excluding hydrogens is 251 g/mol. The number of aryl methyl sites for hydroxylation is 1. The molecule has 0 aliphatic carbocycles. The Morgan fingerprint density at radius 2 is 1.70 bits per heavy atom. The Hall–Kier alpha value is -0.905. The lowest BCUT2D eigenvalue weighted by atomic mass is 9.77. The summed E-state index contributed by atoms with van der Waals surface area (Å²) >= 11 is 0. The van der Waals surface area contributed by atoms with Gasteiger partial charge in [-0.1, -0.05) is 6.07 Å². The number of aromatic nitrogens is 1. The zero-order valence-electron chi connectivity index (χ0n) is 13.7. The maximum Gasteiger partial charge on any atom is 0.496 e. The molecule has 1 aromatic heterocycles. The van der Waals surface area contributed by atoms with Crippen LogP contribution in [0.3, 0.4) is 0 Å². The average Bonchev–Trinajstić information content (AvgIpc) is 2.50. The molecule has 4 nitrogen and oxygen atoms in total. The summed E-state index contributed by atoms with van der Waals surface area (Å²) in [7, 11) is 3.73. The summed E-state index contributed by atoms with van der Waals surface area (Å²) in [5, 5.41) is 0. The van der Waals surface area contributed by atoms with E-state index in [0.29, 0.717) is 0 Å². The highest BCUT2D eigenvalue weighted by Gasteiger charge is 2.52. The standard InChI is InChI=1S/C15H25BN2O2/c1-11-8-12(13(17-9-11)10-18(6)7)16-19-14(2,3)15(4,5)20-16/h8-9H,10H2,1-7H3. The fourth-order valence-electron chi connectivity index (χ4n) is 2.23. The Morgan fingerprint density at radius 3 is 2.20 bits per heavy atom. The molecule has 0 radical (unpaired) electrons. The summed E-state index contributed by atoms with van der Waals surface area (Å²) in [6.07, 6.45) is 1.90. The Morgan fingerprint density at radius 1 is 1.15 bits per heavy atom. The van der Waals surface area contributed by atoms with Gasteiger partial charge in [-0.15, -0.1) is 0 Å². The fraction of sp³-hybridized carbons (Fsp3) is 0.667. The molecule has 0 bridgehead atoms. The van der Waals surface area contributed by atoms with E-state index in [1.54, 1.807) is 0 Å². The summed E-state index contributed by atoms with van der Waals surface area (Å²) in [5.41, 5.74) is 2.53. The van der Waals surface area contributed by atoms with E-state index in [2.05, 4.69) is 43.6 Å². The second kappa shape index (κ2) is 5.13. The van der Waals surface area contributed by atoms with E-state index in [-0.39, 0.29) is 18.3 Å². The minimum atomic E-state index is -0.345. The van der Waals surface area contributed by atoms with Crippen molar-refractivity contribution in [2.24, 2.45) is 0 Å². The smallest absolute Gasteiger partial charge is 0.399 e. The molecule has 0 spiro atoms.